The van der Waals surface area contributed by atoms with E-state index in [1.54, 1.807) is 12.2 Å². The molecule has 0 fully saturated rings. The van der Waals surface area contributed by atoms with Crippen molar-refractivity contribution in [3.05, 3.63) is 231 Å². The van der Waals surface area contributed by atoms with E-state index < -0.39 is 97.5 Å². The van der Waals surface area contributed by atoms with Gasteiger partial charge in [-0.05, 0) is 167 Å². The molecule has 616 valence electrons. The Morgan fingerprint density at radius 1 is 0.273 bits per heavy atom. The lowest BCUT2D eigenvalue weighted by Crippen LogP contribution is -2.30. The Morgan fingerprint density at radius 3 is 0.891 bits per heavy atom. The smallest absolute Gasteiger partial charge is 0.462 e. The molecule has 0 aromatic heterocycles. The first-order valence-electron chi connectivity index (χ1n) is 40.6. The van der Waals surface area contributed by atoms with Gasteiger partial charge in [-0.3, -0.25) is 37.3 Å². The van der Waals surface area contributed by atoms with Gasteiger partial charge in [0.25, 0.3) is 0 Å². The van der Waals surface area contributed by atoms with Gasteiger partial charge in [0.05, 0.1) is 32.8 Å². The highest BCUT2D eigenvalue weighted by Gasteiger charge is 2.30. The number of ether oxygens (including phenoxy) is 4. The molecule has 0 aromatic carbocycles. The summed E-state index contributed by atoms with van der Waals surface area (Å²) in [6, 6.07) is 0. The van der Waals surface area contributed by atoms with Crippen LogP contribution in [0.3, 0.4) is 0 Å². The molecule has 0 aromatic rings. The largest absolute Gasteiger partial charge is 0.472 e. The van der Waals surface area contributed by atoms with Crippen molar-refractivity contribution in [3.63, 3.8) is 0 Å². The lowest BCUT2D eigenvalue weighted by atomic mass is 10.1. The van der Waals surface area contributed by atoms with Crippen LogP contribution in [0.25, 0.3) is 0 Å². The lowest BCUT2D eigenvalue weighted by molar-refractivity contribution is -0.161. The molecule has 0 aliphatic carbocycles. The van der Waals surface area contributed by atoms with Gasteiger partial charge in [-0.15, -0.1) is 0 Å². The maximum Gasteiger partial charge on any atom is 0.472 e. The number of aliphatic hydroxyl groups is 1. The van der Waals surface area contributed by atoms with Crippen molar-refractivity contribution in [1.29, 1.82) is 0 Å². The van der Waals surface area contributed by atoms with Crippen molar-refractivity contribution in [2.24, 2.45) is 0 Å². The summed E-state index contributed by atoms with van der Waals surface area (Å²) in [5.41, 5.74) is 0. The molecule has 110 heavy (non-hydrogen) atoms. The molecule has 0 aliphatic rings. The average Bonchev–Trinajstić information content (AvgIpc) is 0.900. The molecule has 0 spiro atoms. The van der Waals surface area contributed by atoms with E-state index in [1.165, 1.54) is 19.3 Å². The van der Waals surface area contributed by atoms with Gasteiger partial charge in [0.2, 0.25) is 0 Å². The molecule has 17 nitrogen and oxygen atoms in total. The van der Waals surface area contributed by atoms with E-state index >= 15 is 0 Å². The van der Waals surface area contributed by atoms with E-state index in [2.05, 4.69) is 204 Å². The normalized spacial score (nSPS) is 15.0. The van der Waals surface area contributed by atoms with E-state index in [9.17, 15) is 43.2 Å². The SMILES string of the molecule is CC/C=C\C/C=C\C/C=C\C/C=C\C/C=C\C/C=C\CCC(=O)OCC(COP(=O)(O)OCC(O)COP(=O)(O)OCC(COC(=O)CCC/C=C\C/C=C\C/C=C\C/C=C\C/C=C\CC)OC(=O)C/C=C\C/C=C\C/C=C\C/C=C\C/C=C\CC)OC(=O)CCCCCCCC/C=C\C/C=C\C/C=C\CCCCC. The van der Waals surface area contributed by atoms with Crippen LogP contribution in [0.2, 0.25) is 0 Å². The highest BCUT2D eigenvalue weighted by atomic mass is 31.2. The van der Waals surface area contributed by atoms with Crippen molar-refractivity contribution in [1.82, 2.24) is 0 Å². The second-order valence-electron chi connectivity index (χ2n) is 25.9. The highest BCUT2D eigenvalue weighted by molar-refractivity contribution is 7.47. The topological polar surface area (TPSA) is 237 Å². The highest BCUT2D eigenvalue weighted by Crippen LogP contribution is 2.45. The molecule has 19 heteroatoms. The van der Waals surface area contributed by atoms with Crippen LogP contribution in [0.15, 0.2) is 231 Å². The molecule has 0 saturated carbocycles. The minimum atomic E-state index is -5.04. The Labute approximate surface area is 664 Å². The standard InChI is InChI=1S/C91H140O17P2/c1-5-9-13-17-21-25-29-33-37-40-42-45-49-52-56-60-64-68-72-76-89(94)102-82-87(108-91(96)78-74-70-66-62-58-54-50-46-43-41-38-34-30-26-22-18-14-10-6-2)84-106-110(99,100)104-80-85(92)79-103-109(97,98)105-83-86(107-90(95)77-73-69-65-61-57-53-47-36-32-28-24-20-16-12-8-4)81-101-88(93)75-71-67-63-59-55-51-48-44-39-35-31-27-23-19-15-11-7-3/h9,11-13,15-16,21-28,33-39,42-43,45-48,51-52,56-57,59,61,63-64,68-69,73,85-87,92H,5-8,10,14,17-20,29-32,40-41,44,49-50,53-55,58,60,62,65-67,70-72,74-84H2,1-4H3,(H,97,98)(H,99,100)/b13-9-,15-11-,16-12-,25-21-,26-22-,27-23-,28-24-,37-33-,38-34-,39-35-,45-42-,46-43-,47-36-,51-48-,56-52-,61-57-,63-59-,68-64-,73-69-. The molecular formula is C91H140O17P2. The number of carbonyl (C=O) groups is 4. The zero-order valence-electron chi connectivity index (χ0n) is 67.3. The lowest BCUT2D eigenvalue weighted by Gasteiger charge is -2.21. The quantitative estimate of drug-likeness (QED) is 0.0169. The van der Waals surface area contributed by atoms with Crippen LogP contribution in [0.4, 0.5) is 0 Å². The van der Waals surface area contributed by atoms with E-state index in [1.807, 2.05) is 42.5 Å². The van der Waals surface area contributed by atoms with Crippen molar-refractivity contribution in [2.45, 2.75) is 277 Å². The summed E-state index contributed by atoms with van der Waals surface area (Å²) >= 11 is 0. The number of hydrogen-bond donors (Lipinski definition) is 3. The third kappa shape index (κ3) is 79.2. The van der Waals surface area contributed by atoms with Crippen molar-refractivity contribution in [3.8, 4) is 0 Å². The number of phosphoric acid groups is 2. The Kier molecular flexibility index (Phi) is 75.2. The predicted octanol–water partition coefficient (Wildman–Crippen LogP) is 24.2. The first kappa shape index (κ1) is 103. The van der Waals surface area contributed by atoms with Crippen LogP contribution in [0.5, 0.6) is 0 Å². The number of hydrogen-bond acceptors (Lipinski definition) is 15. The predicted molar refractivity (Wildman–Crippen MR) is 454 cm³/mol. The third-order valence-electron chi connectivity index (χ3n) is 15.6. The molecule has 0 radical (unpaired) electrons. The summed E-state index contributed by atoms with van der Waals surface area (Å²) < 4.78 is 68.4. The average molecular weight is 1570 g/mol. The minimum absolute atomic E-state index is 0.0197. The number of aliphatic hydroxyl groups excluding tert-OH is 1. The zero-order chi connectivity index (χ0) is 80.3. The van der Waals surface area contributed by atoms with Gasteiger partial charge in [-0.1, -0.05) is 297 Å². The van der Waals surface area contributed by atoms with Gasteiger partial charge >= 0.3 is 39.5 Å². The van der Waals surface area contributed by atoms with E-state index in [-0.39, 0.29) is 25.7 Å². The Bertz CT molecular complexity index is 3000. The molecular weight excluding hydrogens is 1430 g/mol. The fourth-order valence-electron chi connectivity index (χ4n) is 9.60. The molecule has 0 amide bonds. The summed E-state index contributed by atoms with van der Waals surface area (Å²) in [6.07, 6.45) is 104. The van der Waals surface area contributed by atoms with Gasteiger partial charge in [0.1, 0.15) is 19.3 Å². The fraction of sp³-hybridized carbons (Fsp3) is 0.538. The van der Waals surface area contributed by atoms with Gasteiger partial charge in [0.15, 0.2) is 12.2 Å². The maximum atomic E-state index is 13.1. The van der Waals surface area contributed by atoms with E-state index in [0.717, 1.165) is 148 Å². The van der Waals surface area contributed by atoms with Crippen LogP contribution in [0.1, 0.15) is 259 Å². The second-order valence-corrected chi connectivity index (χ2v) is 28.8. The number of esters is 4. The molecule has 0 aliphatic heterocycles. The first-order valence-corrected chi connectivity index (χ1v) is 43.6. The third-order valence-corrected chi connectivity index (χ3v) is 17.5. The van der Waals surface area contributed by atoms with Crippen LogP contribution >= 0.6 is 15.6 Å². The molecule has 0 heterocycles. The zero-order valence-corrected chi connectivity index (χ0v) is 69.1. The second kappa shape index (κ2) is 80.2. The van der Waals surface area contributed by atoms with E-state index in [4.69, 9.17) is 37.0 Å². The minimum Gasteiger partial charge on any atom is -0.462 e. The molecule has 0 saturated heterocycles. The number of unbranched alkanes of at least 4 members (excludes halogenated alkanes) is 10. The monoisotopic (exact) mass is 1570 g/mol. The number of carbonyl (C=O) groups excluding carboxylic acids is 4. The van der Waals surface area contributed by atoms with Gasteiger partial charge in [-0.2, -0.15) is 0 Å². The van der Waals surface area contributed by atoms with E-state index in [0.29, 0.717) is 38.5 Å². The van der Waals surface area contributed by atoms with Crippen molar-refractivity contribution >= 4 is 39.5 Å². The van der Waals surface area contributed by atoms with Gasteiger partial charge in [-0.25, -0.2) is 9.13 Å². The maximum absolute atomic E-state index is 13.1. The summed E-state index contributed by atoms with van der Waals surface area (Å²) in [5, 5.41) is 10.7. The fourth-order valence-corrected chi connectivity index (χ4v) is 11.2. The molecule has 5 unspecified atom stereocenters. The Hall–Kier alpha value is -6.88. The van der Waals surface area contributed by atoms with Gasteiger partial charge in [0, 0.05) is 19.3 Å². The number of allylic oxidation sites excluding steroid dienone is 37. The van der Waals surface area contributed by atoms with Gasteiger partial charge < -0.3 is 33.8 Å². The van der Waals surface area contributed by atoms with Crippen molar-refractivity contribution < 1.29 is 80.2 Å². The molecule has 3 N–H and O–H groups in total. The van der Waals surface area contributed by atoms with Crippen LogP contribution in [-0.2, 0) is 65.4 Å². The Morgan fingerprint density at radius 2 is 0.536 bits per heavy atom. The van der Waals surface area contributed by atoms with Crippen LogP contribution < -0.4 is 0 Å². The van der Waals surface area contributed by atoms with Crippen LogP contribution in [0, 0.1) is 0 Å². The summed E-state index contributed by atoms with van der Waals surface area (Å²) in [4.78, 5) is 73.0. The summed E-state index contributed by atoms with van der Waals surface area (Å²) in [5.74, 6) is -2.54. The van der Waals surface area contributed by atoms with Crippen LogP contribution in [-0.4, -0.2) is 96.7 Å². The summed E-state index contributed by atoms with van der Waals surface area (Å²) in [7, 11) is -10.1. The number of phosphoric ester groups is 2. The number of rotatable bonds is 73. The van der Waals surface area contributed by atoms with Crippen molar-refractivity contribution in [2.75, 3.05) is 39.6 Å². The molecule has 0 rings (SSSR count). The Balaban J connectivity index is 5.60. The summed E-state index contributed by atoms with van der Waals surface area (Å²) in [6.45, 7) is 4.18. The molecule has 5 atom stereocenters. The first-order chi connectivity index (χ1) is 53.7. The molecule has 0 bridgehead atoms.